The van der Waals surface area contributed by atoms with E-state index in [4.69, 9.17) is 0 Å². The van der Waals surface area contributed by atoms with E-state index >= 15 is 0 Å². The lowest BCUT2D eigenvalue weighted by atomic mass is 10.1. The average Bonchev–Trinajstić information content (AvgIpc) is 3.01. The summed E-state index contributed by atoms with van der Waals surface area (Å²) < 4.78 is 0. The molecule has 1 atom stereocenters. The maximum absolute atomic E-state index is 11.6. The highest BCUT2D eigenvalue weighted by Crippen LogP contribution is 2.27. The topological polar surface area (TPSA) is 44.4 Å². The van der Waals surface area contributed by atoms with Crippen molar-refractivity contribution in [2.24, 2.45) is 5.92 Å². The molecule has 1 heterocycles. The van der Waals surface area contributed by atoms with Gasteiger partial charge in [-0.3, -0.25) is 4.79 Å². The average molecular weight is 225 g/mol. The maximum Gasteiger partial charge on any atom is 0.234 e. The molecule has 1 amide bonds. The van der Waals surface area contributed by atoms with Gasteiger partial charge in [0.15, 0.2) is 0 Å². The molecule has 4 nitrogen and oxygen atoms in total. The summed E-state index contributed by atoms with van der Waals surface area (Å²) in [5.41, 5.74) is 0. The van der Waals surface area contributed by atoms with Crippen LogP contribution < -0.4 is 10.6 Å². The summed E-state index contributed by atoms with van der Waals surface area (Å²) in [7, 11) is 2.11. The fraction of sp³-hybridized carbons (Fsp3) is 0.917. The first-order valence-corrected chi connectivity index (χ1v) is 6.42. The Labute approximate surface area is 97.8 Å². The Balaban J connectivity index is 1.57. The lowest BCUT2D eigenvalue weighted by Crippen LogP contribution is -2.48. The molecule has 0 bridgehead atoms. The third-order valence-electron chi connectivity index (χ3n) is 3.41. The fourth-order valence-electron chi connectivity index (χ4n) is 2.27. The van der Waals surface area contributed by atoms with Crippen molar-refractivity contribution in [3.05, 3.63) is 0 Å². The predicted molar refractivity (Wildman–Crippen MR) is 64.3 cm³/mol. The van der Waals surface area contributed by atoms with Crippen molar-refractivity contribution in [3.63, 3.8) is 0 Å². The normalized spacial score (nSPS) is 26.7. The Kier molecular flexibility index (Phi) is 4.18. The van der Waals surface area contributed by atoms with Gasteiger partial charge in [-0.05, 0) is 51.7 Å². The quantitative estimate of drug-likeness (QED) is 0.702. The Morgan fingerprint density at radius 3 is 2.88 bits per heavy atom. The van der Waals surface area contributed by atoms with E-state index < -0.39 is 0 Å². The van der Waals surface area contributed by atoms with E-state index in [1.807, 2.05) is 0 Å². The Morgan fingerprint density at radius 1 is 1.38 bits per heavy atom. The molecule has 1 unspecified atom stereocenters. The maximum atomic E-state index is 11.6. The van der Waals surface area contributed by atoms with Gasteiger partial charge in [-0.15, -0.1) is 0 Å². The van der Waals surface area contributed by atoms with Gasteiger partial charge in [0.2, 0.25) is 5.91 Å². The first-order chi connectivity index (χ1) is 7.74. The second-order valence-electron chi connectivity index (χ2n) is 5.24. The molecule has 2 fully saturated rings. The number of amides is 1. The van der Waals surface area contributed by atoms with Gasteiger partial charge in [0.1, 0.15) is 0 Å². The second kappa shape index (κ2) is 5.64. The van der Waals surface area contributed by atoms with E-state index in [1.54, 1.807) is 0 Å². The van der Waals surface area contributed by atoms with Gasteiger partial charge >= 0.3 is 0 Å². The van der Waals surface area contributed by atoms with Gasteiger partial charge in [-0.2, -0.15) is 0 Å². The number of likely N-dealkylation sites (N-methyl/N-ethyl adjacent to an activating group) is 1. The molecule has 16 heavy (non-hydrogen) atoms. The Bertz CT molecular complexity index is 240. The van der Waals surface area contributed by atoms with Crippen LogP contribution in [0.4, 0.5) is 0 Å². The van der Waals surface area contributed by atoms with Crippen LogP contribution in [0.3, 0.4) is 0 Å². The zero-order valence-electron chi connectivity index (χ0n) is 10.2. The molecule has 0 aromatic rings. The van der Waals surface area contributed by atoms with Gasteiger partial charge in [-0.1, -0.05) is 0 Å². The third-order valence-corrected chi connectivity index (χ3v) is 3.41. The van der Waals surface area contributed by atoms with E-state index in [0.717, 1.165) is 32.0 Å². The lowest BCUT2D eigenvalue weighted by molar-refractivity contribution is -0.121. The Hall–Kier alpha value is -0.610. The molecule has 0 aromatic carbocycles. The number of carbonyl (C=O) groups excluding carboxylic acids is 1. The second-order valence-corrected chi connectivity index (χ2v) is 5.24. The van der Waals surface area contributed by atoms with Crippen LogP contribution in [-0.4, -0.2) is 50.1 Å². The summed E-state index contributed by atoms with van der Waals surface area (Å²) in [6.45, 7) is 3.65. The summed E-state index contributed by atoms with van der Waals surface area (Å²) in [6, 6.07) is 0.356. The molecule has 1 aliphatic heterocycles. The van der Waals surface area contributed by atoms with Crippen LogP contribution >= 0.6 is 0 Å². The first-order valence-electron chi connectivity index (χ1n) is 6.42. The number of nitrogens with zero attached hydrogens (tertiary/aromatic N) is 1. The molecular formula is C12H23N3O. The summed E-state index contributed by atoms with van der Waals surface area (Å²) in [5, 5.41) is 6.32. The zero-order chi connectivity index (χ0) is 11.4. The standard InChI is InChI=1S/C12H23N3O/c1-15-6-2-3-11(9-15)14-12(16)8-13-7-10-4-5-10/h10-11,13H,2-9H2,1H3,(H,14,16). The largest absolute Gasteiger partial charge is 0.351 e. The van der Waals surface area contributed by atoms with Crippen LogP contribution in [0, 0.1) is 5.92 Å². The molecule has 1 aliphatic carbocycles. The minimum Gasteiger partial charge on any atom is -0.351 e. The highest BCUT2D eigenvalue weighted by Gasteiger charge is 2.21. The van der Waals surface area contributed by atoms with E-state index in [9.17, 15) is 4.79 Å². The molecular weight excluding hydrogens is 202 g/mol. The van der Waals surface area contributed by atoms with Crippen molar-refractivity contribution >= 4 is 5.91 Å². The Morgan fingerprint density at radius 2 is 2.19 bits per heavy atom. The van der Waals surface area contributed by atoms with Gasteiger partial charge in [-0.25, -0.2) is 0 Å². The number of hydrogen-bond donors (Lipinski definition) is 2. The fourth-order valence-corrected chi connectivity index (χ4v) is 2.27. The van der Waals surface area contributed by atoms with Crippen LogP contribution in [0.5, 0.6) is 0 Å². The molecule has 1 saturated heterocycles. The SMILES string of the molecule is CN1CCCC(NC(=O)CNCC2CC2)C1. The monoisotopic (exact) mass is 225 g/mol. The number of likely N-dealkylation sites (tertiary alicyclic amines) is 1. The highest BCUT2D eigenvalue weighted by molar-refractivity contribution is 5.78. The number of piperidine rings is 1. The summed E-state index contributed by atoms with van der Waals surface area (Å²) in [4.78, 5) is 13.9. The predicted octanol–water partition coefficient (Wildman–Crippen LogP) is 0.196. The van der Waals surface area contributed by atoms with E-state index in [-0.39, 0.29) is 5.91 Å². The lowest BCUT2D eigenvalue weighted by Gasteiger charge is -2.30. The van der Waals surface area contributed by atoms with E-state index in [1.165, 1.54) is 19.3 Å². The highest BCUT2D eigenvalue weighted by atomic mass is 16.2. The van der Waals surface area contributed by atoms with Crippen LogP contribution in [0.25, 0.3) is 0 Å². The van der Waals surface area contributed by atoms with Crippen molar-refractivity contribution in [1.29, 1.82) is 0 Å². The number of carbonyl (C=O) groups is 1. The first kappa shape index (κ1) is 11.9. The van der Waals surface area contributed by atoms with Crippen molar-refractivity contribution in [2.75, 3.05) is 33.2 Å². The number of nitrogens with one attached hydrogen (secondary N) is 2. The zero-order valence-corrected chi connectivity index (χ0v) is 10.2. The van der Waals surface area contributed by atoms with Crippen LogP contribution in [-0.2, 0) is 4.79 Å². The van der Waals surface area contributed by atoms with Gasteiger partial charge in [0.05, 0.1) is 6.54 Å². The summed E-state index contributed by atoms with van der Waals surface area (Å²) >= 11 is 0. The number of hydrogen-bond acceptors (Lipinski definition) is 3. The minimum atomic E-state index is 0.154. The minimum absolute atomic E-state index is 0.154. The molecule has 0 radical (unpaired) electrons. The third kappa shape index (κ3) is 4.10. The summed E-state index contributed by atoms with van der Waals surface area (Å²) in [5.74, 6) is 0.995. The van der Waals surface area contributed by atoms with E-state index in [2.05, 4.69) is 22.6 Å². The molecule has 1 saturated carbocycles. The van der Waals surface area contributed by atoms with Crippen LogP contribution in [0.1, 0.15) is 25.7 Å². The summed E-state index contributed by atoms with van der Waals surface area (Å²) in [6.07, 6.45) is 4.99. The molecule has 2 rings (SSSR count). The molecule has 4 heteroatoms. The van der Waals surface area contributed by atoms with Crippen LogP contribution in [0.2, 0.25) is 0 Å². The van der Waals surface area contributed by atoms with Gasteiger partial charge in [0.25, 0.3) is 0 Å². The van der Waals surface area contributed by atoms with Crippen molar-refractivity contribution < 1.29 is 4.79 Å². The van der Waals surface area contributed by atoms with Gasteiger partial charge in [0, 0.05) is 12.6 Å². The molecule has 2 aliphatic rings. The molecule has 0 spiro atoms. The molecule has 2 N–H and O–H groups in total. The molecule has 0 aromatic heterocycles. The van der Waals surface area contributed by atoms with Crippen LogP contribution in [0.15, 0.2) is 0 Å². The number of rotatable bonds is 5. The van der Waals surface area contributed by atoms with Crippen molar-refractivity contribution in [3.8, 4) is 0 Å². The molecule has 92 valence electrons. The van der Waals surface area contributed by atoms with Gasteiger partial charge < -0.3 is 15.5 Å². The van der Waals surface area contributed by atoms with Crippen molar-refractivity contribution in [2.45, 2.75) is 31.7 Å². The smallest absolute Gasteiger partial charge is 0.234 e. The van der Waals surface area contributed by atoms with Crippen molar-refractivity contribution in [1.82, 2.24) is 15.5 Å². The van der Waals surface area contributed by atoms with E-state index in [0.29, 0.717) is 12.6 Å².